The lowest BCUT2D eigenvalue weighted by atomic mass is 10.1. The summed E-state index contributed by atoms with van der Waals surface area (Å²) in [6, 6.07) is 11.9. The zero-order valence-corrected chi connectivity index (χ0v) is 15.8. The van der Waals surface area contributed by atoms with Crippen LogP contribution in [-0.2, 0) is 0 Å². The Morgan fingerprint density at radius 2 is 1.93 bits per heavy atom. The summed E-state index contributed by atoms with van der Waals surface area (Å²) in [5, 5.41) is 10.8. The Balaban J connectivity index is 1.49. The quantitative estimate of drug-likeness (QED) is 0.517. The van der Waals surface area contributed by atoms with Crippen molar-refractivity contribution in [3.8, 4) is 11.4 Å². The number of aryl methyl sites for hydroxylation is 1. The van der Waals surface area contributed by atoms with E-state index in [1.807, 2.05) is 42.0 Å². The van der Waals surface area contributed by atoms with Crippen molar-refractivity contribution in [1.82, 2.24) is 19.7 Å². The van der Waals surface area contributed by atoms with Crippen molar-refractivity contribution in [2.45, 2.75) is 6.92 Å². The minimum absolute atomic E-state index is 0.222. The highest BCUT2D eigenvalue weighted by atomic mass is 19.1. The molecular weight excluding hydrogens is 373 g/mol. The Bertz CT molecular complexity index is 1150. The van der Waals surface area contributed by atoms with Gasteiger partial charge in [-0.05, 0) is 55.0 Å². The normalized spacial score (nSPS) is 11.1. The van der Waals surface area contributed by atoms with Gasteiger partial charge in [0.05, 0.1) is 24.8 Å². The van der Waals surface area contributed by atoms with E-state index >= 15 is 0 Å². The van der Waals surface area contributed by atoms with Crippen LogP contribution in [0.15, 0.2) is 59.4 Å². The minimum atomic E-state index is -0.311. The summed E-state index contributed by atoms with van der Waals surface area (Å²) >= 11 is 0. The Morgan fingerprint density at radius 1 is 1.10 bits per heavy atom. The molecule has 0 aliphatic heterocycles. The van der Waals surface area contributed by atoms with Crippen molar-refractivity contribution in [2.24, 2.45) is 0 Å². The predicted octanol–water partition coefficient (Wildman–Crippen LogP) is 4.63. The Labute approximate surface area is 166 Å². The zero-order chi connectivity index (χ0) is 20.2. The van der Waals surface area contributed by atoms with Crippen LogP contribution in [0.5, 0.6) is 5.75 Å². The van der Waals surface area contributed by atoms with Gasteiger partial charge in [0, 0.05) is 18.0 Å². The summed E-state index contributed by atoms with van der Waals surface area (Å²) in [5.41, 5.74) is 3.39. The third-order valence-electron chi connectivity index (χ3n) is 4.15. The first-order valence-electron chi connectivity index (χ1n) is 8.84. The minimum Gasteiger partial charge on any atom is -0.495 e. The van der Waals surface area contributed by atoms with Crippen LogP contribution in [0.2, 0.25) is 0 Å². The lowest BCUT2D eigenvalue weighted by Gasteiger charge is -2.09. The average Bonchev–Trinajstić information content (AvgIpc) is 3.36. The number of methoxy groups -OCH3 is 1. The molecule has 0 aliphatic carbocycles. The molecule has 0 saturated carbocycles. The number of nitrogens with one attached hydrogen (secondary N) is 1. The number of anilines is 2. The maximum atomic E-state index is 13.0. The van der Waals surface area contributed by atoms with E-state index in [9.17, 15) is 4.39 Å². The van der Waals surface area contributed by atoms with Crippen molar-refractivity contribution < 1.29 is 13.5 Å². The number of nitrogens with zero attached hydrogens (tertiary/aromatic N) is 4. The van der Waals surface area contributed by atoms with E-state index < -0.39 is 0 Å². The van der Waals surface area contributed by atoms with Crippen molar-refractivity contribution in [1.29, 1.82) is 0 Å². The first-order valence-corrected chi connectivity index (χ1v) is 8.84. The number of ether oxygens (including phenoxy) is 1. The van der Waals surface area contributed by atoms with Crippen molar-refractivity contribution >= 4 is 23.9 Å². The van der Waals surface area contributed by atoms with Gasteiger partial charge in [-0.3, -0.25) is 0 Å². The molecule has 0 spiro atoms. The molecule has 0 saturated heterocycles. The van der Waals surface area contributed by atoms with Gasteiger partial charge in [-0.15, -0.1) is 5.10 Å². The Hall–Kier alpha value is -3.94. The summed E-state index contributed by atoms with van der Waals surface area (Å²) in [4.78, 5) is 4.24. The molecule has 0 unspecified atom stereocenters. The van der Waals surface area contributed by atoms with Crippen LogP contribution in [0.4, 0.5) is 16.1 Å². The van der Waals surface area contributed by atoms with Gasteiger partial charge in [0.15, 0.2) is 0 Å². The smallest absolute Gasteiger partial charge is 0.320 e. The molecule has 2 heterocycles. The summed E-state index contributed by atoms with van der Waals surface area (Å²) in [7, 11) is 1.63. The summed E-state index contributed by atoms with van der Waals surface area (Å²) in [5.74, 6) is 0.742. The van der Waals surface area contributed by atoms with Gasteiger partial charge in [-0.1, -0.05) is 11.2 Å². The molecule has 2 aromatic carbocycles. The van der Waals surface area contributed by atoms with Crippen LogP contribution in [0.3, 0.4) is 0 Å². The van der Waals surface area contributed by atoms with Crippen LogP contribution in [0.1, 0.15) is 17.1 Å². The van der Waals surface area contributed by atoms with Gasteiger partial charge >= 0.3 is 6.01 Å². The molecule has 0 radical (unpaired) electrons. The fourth-order valence-electron chi connectivity index (χ4n) is 2.74. The average molecular weight is 391 g/mol. The van der Waals surface area contributed by atoms with Gasteiger partial charge in [0.1, 0.15) is 11.6 Å². The number of aromatic nitrogens is 4. The Morgan fingerprint density at radius 3 is 2.66 bits per heavy atom. The number of imidazole rings is 1. The first kappa shape index (κ1) is 18.4. The number of rotatable bonds is 6. The molecule has 4 aromatic rings. The molecule has 4 rings (SSSR count). The molecule has 0 atom stereocenters. The number of hydrogen-bond acceptors (Lipinski definition) is 6. The number of benzene rings is 2. The fourth-order valence-corrected chi connectivity index (χ4v) is 2.74. The van der Waals surface area contributed by atoms with Gasteiger partial charge in [0.2, 0.25) is 5.89 Å². The van der Waals surface area contributed by atoms with E-state index in [1.54, 1.807) is 31.6 Å². The zero-order valence-electron chi connectivity index (χ0n) is 15.8. The largest absolute Gasteiger partial charge is 0.495 e. The van der Waals surface area contributed by atoms with Gasteiger partial charge in [-0.2, -0.15) is 0 Å². The van der Waals surface area contributed by atoms with Crippen LogP contribution in [0, 0.1) is 12.7 Å². The van der Waals surface area contributed by atoms with Gasteiger partial charge in [0.25, 0.3) is 0 Å². The van der Waals surface area contributed by atoms with Crippen molar-refractivity contribution in [3.05, 3.63) is 78.0 Å². The van der Waals surface area contributed by atoms with Crippen LogP contribution in [-0.4, -0.2) is 26.9 Å². The second-order valence-corrected chi connectivity index (χ2v) is 6.26. The molecule has 146 valence electrons. The van der Waals surface area contributed by atoms with Crippen molar-refractivity contribution in [2.75, 3.05) is 12.4 Å². The SMILES string of the molecule is COc1cc(C=Cc2nnc(Nc3ccc(F)cc3)o2)ccc1-n1cnc(C)c1. The molecule has 0 fully saturated rings. The standard InChI is InChI=1S/C21H18FN5O2/c1-14-12-27(13-23-14)18-9-3-15(11-19(18)28-2)4-10-20-25-26-21(29-20)24-17-7-5-16(22)6-8-17/h3-13H,1-2H3,(H,24,26). The van der Waals surface area contributed by atoms with Crippen molar-refractivity contribution in [3.63, 3.8) is 0 Å². The molecule has 1 N–H and O–H groups in total. The second-order valence-electron chi connectivity index (χ2n) is 6.26. The molecule has 29 heavy (non-hydrogen) atoms. The first-order chi connectivity index (χ1) is 14.1. The second kappa shape index (κ2) is 7.97. The summed E-state index contributed by atoms with van der Waals surface area (Å²) in [6.07, 6.45) is 7.23. The summed E-state index contributed by atoms with van der Waals surface area (Å²) < 4.78 is 25.9. The molecule has 0 amide bonds. The van der Waals surface area contributed by atoms with E-state index in [4.69, 9.17) is 9.15 Å². The number of hydrogen-bond donors (Lipinski definition) is 1. The maximum absolute atomic E-state index is 13.0. The van der Waals surface area contributed by atoms with E-state index in [0.717, 1.165) is 16.9 Å². The molecular formula is C21H18FN5O2. The lowest BCUT2D eigenvalue weighted by molar-refractivity contribution is 0.413. The van der Waals surface area contributed by atoms with E-state index in [-0.39, 0.29) is 11.8 Å². The number of halogens is 1. The summed E-state index contributed by atoms with van der Waals surface area (Å²) in [6.45, 7) is 1.93. The van der Waals surface area contributed by atoms with E-state index in [0.29, 0.717) is 17.3 Å². The Kier molecular flexibility index (Phi) is 5.07. The van der Waals surface area contributed by atoms with Gasteiger partial charge in [-0.25, -0.2) is 9.37 Å². The highest BCUT2D eigenvalue weighted by Gasteiger charge is 2.07. The third-order valence-corrected chi connectivity index (χ3v) is 4.15. The van der Waals surface area contributed by atoms with E-state index in [2.05, 4.69) is 20.5 Å². The molecule has 8 heteroatoms. The fraction of sp³-hybridized carbons (Fsp3) is 0.0952. The topological polar surface area (TPSA) is 78.0 Å². The highest BCUT2D eigenvalue weighted by Crippen LogP contribution is 2.25. The molecule has 0 aliphatic rings. The molecule has 7 nitrogen and oxygen atoms in total. The van der Waals surface area contributed by atoms with Crippen LogP contribution in [0.25, 0.3) is 17.8 Å². The van der Waals surface area contributed by atoms with Crippen LogP contribution >= 0.6 is 0 Å². The third kappa shape index (κ3) is 4.32. The predicted molar refractivity (Wildman–Crippen MR) is 108 cm³/mol. The highest BCUT2D eigenvalue weighted by molar-refractivity contribution is 5.68. The van der Waals surface area contributed by atoms with Gasteiger partial charge < -0.3 is 19.0 Å². The lowest BCUT2D eigenvalue weighted by Crippen LogP contribution is -1.95. The van der Waals surface area contributed by atoms with Crippen LogP contribution < -0.4 is 10.1 Å². The molecule has 2 aromatic heterocycles. The monoisotopic (exact) mass is 391 g/mol. The molecule has 0 bridgehead atoms. The van der Waals surface area contributed by atoms with E-state index in [1.165, 1.54) is 12.1 Å². The maximum Gasteiger partial charge on any atom is 0.320 e.